The topological polar surface area (TPSA) is 91.7 Å². The lowest BCUT2D eigenvalue weighted by Gasteiger charge is -2.12. The maximum absolute atomic E-state index is 13.6. The summed E-state index contributed by atoms with van der Waals surface area (Å²) in [6.45, 7) is 1.98. The Morgan fingerprint density at radius 3 is 2.88 bits per heavy atom. The SMILES string of the molecule is Cc1cc2nc(N)c(OCc3ncc(F)cc3-n3cccn3)cc2cn1. The van der Waals surface area contributed by atoms with Crippen LogP contribution in [0.2, 0.25) is 0 Å². The molecule has 0 fully saturated rings. The van der Waals surface area contributed by atoms with Crippen molar-refractivity contribution in [1.29, 1.82) is 0 Å². The van der Waals surface area contributed by atoms with Crippen molar-refractivity contribution in [2.75, 3.05) is 5.73 Å². The Hall–Kier alpha value is -3.55. The van der Waals surface area contributed by atoms with Crippen molar-refractivity contribution in [3.8, 4) is 11.4 Å². The van der Waals surface area contributed by atoms with Crippen molar-refractivity contribution in [2.45, 2.75) is 13.5 Å². The van der Waals surface area contributed by atoms with E-state index in [1.54, 1.807) is 30.7 Å². The van der Waals surface area contributed by atoms with E-state index in [0.29, 0.717) is 17.1 Å². The van der Waals surface area contributed by atoms with Crippen LogP contribution in [0.15, 0.2) is 49.1 Å². The van der Waals surface area contributed by atoms with E-state index in [2.05, 4.69) is 20.1 Å². The van der Waals surface area contributed by atoms with E-state index in [9.17, 15) is 4.39 Å². The zero-order valence-electron chi connectivity index (χ0n) is 13.9. The number of hydrogen-bond donors (Lipinski definition) is 1. The van der Waals surface area contributed by atoms with Gasteiger partial charge in [-0.25, -0.2) is 14.1 Å². The summed E-state index contributed by atoms with van der Waals surface area (Å²) in [7, 11) is 0. The molecule has 7 nitrogen and oxygen atoms in total. The number of halogens is 1. The molecule has 0 saturated heterocycles. The fourth-order valence-electron chi connectivity index (χ4n) is 2.60. The molecule has 0 aliphatic heterocycles. The van der Waals surface area contributed by atoms with E-state index in [0.717, 1.165) is 22.8 Å². The van der Waals surface area contributed by atoms with Crippen molar-refractivity contribution < 1.29 is 9.13 Å². The number of anilines is 1. The van der Waals surface area contributed by atoms with Gasteiger partial charge in [-0.15, -0.1) is 0 Å². The number of nitrogen functional groups attached to an aromatic ring is 1. The molecule has 4 heterocycles. The molecule has 0 aliphatic rings. The second-order valence-electron chi connectivity index (χ2n) is 5.75. The maximum atomic E-state index is 13.6. The van der Waals surface area contributed by atoms with Crippen molar-refractivity contribution in [3.63, 3.8) is 0 Å². The first-order chi connectivity index (χ1) is 12.6. The van der Waals surface area contributed by atoms with Crippen molar-refractivity contribution in [1.82, 2.24) is 24.7 Å². The molecular formula is C18H15FN6O. The second-order valence-corrected chi connectivity index (χ2v) is 5.75. The zero-order chi connectivity index (χ0) is 18.1. The molecule has 0 radical (unpaired) electrons. The van der Waals surface area contributed by atoms with Crippen LogP contribution in [0.1, 0.15) is 11.4 Å². The molecule has 0 spiro atoms. The number of nitrogens with zero attached hydrogens (tertiary/aromatic N) is 5. The number of nitrogens with two attached hydrogens (primary N) is 1. The number of fused-ring (bicyclic) bond motifs is 1. The van der Waals surface area contributed by atoms with Crippen molar-refractivity contribution >= 4 is 16.7 Å². The summed E-state index contributed by atoms with van der Waals surface area (Å²) in [6, 6.07) is 6.73. The monoisotopic (exact) mass is 350 g/mol. The number of ether oxygens (including phenoxy) is 1. The molecule has 0 aliphatic carbocycles. The number of aryl methyl sites for hydroxylation is 1. The van der Waals surface area contributed by atoms with Crippen LogP contribution in [0, 0.1) is 12.7 Å². The molecule has 4 rings (SSSR count). The second kappa shape index (κ2) is 6.40. The fourth-order valence-corrected chi connectivity index (χ4v) is 2.60. The quantitative estimate of drug-likeness (QED) is 0.608. The molecule has 0 amide bonds. The minimum Gasteiger partial charge on any atom is -0.483 e. The lowest BCUT2D eigenvalue weighted by atomic mass is 10.2. The highest BCUT2D eigenvalue weighted by Crippen LogP contribution is 2.26. The third-order valence-electron chi connectivity index (χ3n) is 3.86. The molecule has 26 heavy (non-hydrogen) atoms. The molecule has 4 aromatic heterocycles. The Labute approximate surface area is 148 Å². The average Bonchev–Trinajstić information content (AvgIpc) is 3.15. The maximum Gasteiger partial charge on any atom is 0.166 e. The van der Waals surface area contributed by atoms with E-state index in [4.69, 9.17) is 10.5 Å². The molecule has 4 aromatic rings. The standard InChI is InChI=1S/C18H15FN6O/c1-11-5-14-12(8-21-11)6-17(18(20)24-14)26-10-15-16(7-13(19)9-22-15)25-4-2-3-23-25/h2-9H,10H2,1H3,(H2,20,24). The largest absolute Gasteiger partial charge is 0.483 e. The van der Waals surface area contributed by atoms with Gasteiger partial charge in [0.25, 0.3) is 0 Å². The molecule has 0 aromatic carbocycles. The lowest BCUT2D eigenvalue weighted by Crippen LogP contribution is -2.08. The zero-order valence-corrected chi connectivity index (χ0v) is 13.9. The van der Waals surface area contributed by atoms with Crippen LogP contribution in [0.5, 0.6) is 5.75 Å². The Kier molecular flexibility index (Phi) is 3.92. The van der Waals surface area contributed by atoms with Gasteiger partial charge in [-0.05, 0) is 25.1 Å². The minimum atomic E-state index is -0.451. The van der Waals surface area contributed by atoms with Gasteiger partial charge in [0.2, 0.25) is 0 Å². The van der Waals surface area contributed by atoms with Gasteiger partial charge in [0, 0.05) is 35.7 Å². The predicted octanol–water partition coefficient (Wildman–Crippen LogP) is 2.82. The molecule has 130 valence electrons. The lowest BCUT2D eigenvalue weighted by molar-refractivity contribution is 0.301. The Morgan fingerprint density at radius 2 is 2.08 bits per heavy atom. The Balaban J connectivity index is 1.65. The van der Waals surface area contributed by atoms with Gasteiger partial charge in [0.15, 0.2) is 11.6 Å². The molecule has 8 heteroatoms. The van der Waals surface area contributed by atoms with Crippen LogP contribution < -0.4 is 10.5 Å². The smallest absolute Gasteiger partial charge is 0.166 e. The normalized spacial score (nSPS) is 11.0. The summed E-state index contributed by atoms with van der Waals surface area (Å²) in [5.74, 6) is 0.235. The van der Waals surface area contributed by atoms with Gasteiger partial charge < -0.3 is 10.5 Å². The van der Waals surface area contributed by atoms with Crippen molar-refractivity contribution in [2.24, 2.45) is 0 Å². The first kappa shape index (κ1) is 15.9. The summed E-state index contributed by atoms with van der Waals surface area (Å²) in [4.78, 5) is 12.7. The number of hydrogen-bond acceptors (Lipinski definition) is 6. The highest BCUT2D eigenvalue weighted by atomic mass is 19.1. The number of aromatic nitrogens is 5. The van der Waals surface area contributed by atoms with E-state index < -0.39 is 5.82 Å². The Morgan fingerprint density at radius 1 is 1.19 bits per heavy atom. The number of pyridine rings is 3. The summed E-state index contributed by atoms with van der Waals surface area (Å²) in [5, 5.41) is 4.94. The van der Waals surface area contributed by atoms with Crippen LogP contribution >= 0.6 is 0 Å². The number of rotatable bonds is 4. The van der Waals surface area contributed by atoms with Gasteiger partial charge in [0.1, 0.15) is 18.1 Å². The van der Waals surface area contributed by atoms with Crippen LogP contribution in [-0.4, -0.2) is 24.7 Å². The minimum absolute atomic E-state index is 0.0894. The van der Waals surface area contributed by atoms with Gasteiger partial charge >= 0.3 is 0 Å². The summed E-state index contributed by atoms with van der Waals surface area (Å²) < 4.78 is 20.9. The van der Waals surface area contributed by atoms with Crippen LogP contribution in [0.4, 0.5) is 10.2 Å². The van der Waals surface area contributed by atoms with Crippen LogP contribution in [-0.2, 0) is 6.61 Å². The molecule has 0 atom stereocenters. The van der Waals surface area contributed by atoms with E-state index in [1.165, 1.54) is 10.7 Å². The highest BCUT2D eigenvalue weighted by Gasteiger charge is 2.12. The van der Waals surface area contributed by atoms with Crippen LogP contribution in [0.3, 0.4) is 0 Å². The average molecular weight is 350 g/mol. The Bertz CT molecular complexity index is 1080. The summed E-state index contributed by atoms with van der Waals surface area (Å²) >= 11 is 0. The summed E-state index contributed by atoms with van der Waals surface area (Å²) in [6.07, 6.45) is 6.17. The highest BCUT2D eigenvalue weighted by molar-refractivity contribution is 5.82. The van der Waals surface area contributed by atoms with Gasteiger partial charge in [-0.1, -0.05) is 0 Å². The third kappa shape index (κ3) is 3.04. The van der Waals surface area contributed by atoms with E-state index in [-0.39, 0.29) is 12.4 Å². The molecule has 0 saturated carbocycles. The van der Waals surface area contributed by atoms with Gasteiger partial charge in [-0.2, -0.15) is 5.10 Å². The molecular weight excluding hydrogens is 335 g/mol. The van der Waals surface area contributed by atoms with Crippen molar-refractivity contribution in [3.05, 3.63) is 66.3 Å². The molecule has 0 unspecified atom stereocenters. The molecule has 0 bridgehead atoms. The van der Waals surface area contributed by atoms with E-state index in [1.807, 2.05) is 13.0 Å². The third-order valence-corrected chi connectivity index (χ3v) is 3.86. The van der Waals surface area contributed by atoms with Gasteiger partial charge in [-0.3, -0.25) is 9.97 Å². The fraction of sp³-hybridized carbons (Fsp3) is 0.111. The first-order valence-corrected chi connectivity index (χ1v) is 7.90. The van der Waals surface area contributed by atoms with E-state index >= 15 is 0 Å². The molecule has 2 N–H and O–H groups in total. The predicted molar refractivity (Wildman–Crippen MR) is 94.3 cm³/mol. The van der Waals surface area contributed by atoms with Gasteiger partial charge in [0.05, 0.1) is 17.4 Å². The first-order valence-electron chi connectivity index (χ1n) is 7.90. The van der Waals surface area contributed by atoms with Crippen LogP contribution in [0.25, 0.3) is 16.6 Å². The summed E-state index contributed by atoms with van der Waals surface area (Å²) in [5.41, 5.74) is 8.64.